The Morgan fingerprint density at radius 2 is 2.07 bits per heavy atom. The third-order valence-corrected chi connectivity index (χ3v) is 5.87. The summed E-state index contributed by atoms with van der Waals surface area (Å²) in [6.45, 7) is 2.73. The standard InChI is InChI=1S/C22H24N4O3/c27-21-13-25-8-9-26(22(28)15-3-4-15)12-18(25)14-29-20-6-5-16(10-19(20)24-21)17-2-1-7-23-11-17/h1-2,5-7,10-11,15,18H,3-4,8-9,12-14H2,(H,24,27)/t18-/m0/s1. The molecule has 0 radical (unpaired) electrons. The minimum Gasteiger partial charge on any atom is -0.490 e. The highest BCUT2D eigenvalue weighted by Gasteiger charge is 2.38. The van der Waals surface area contributed by atoms with Gasteiger partial charge in [0.2, 0.25) is 11.8 Å². The second kappa shape index (κ2) is 7.48. The molecule has 1 aromatic carbocycles. The van der Waals surface area contributed by atoms with Crippen LogP contribution in [-0.4, -0.2) is 65.4 Å². The van der Waals surface area contributed by atoms with Crippen LogP contribution in [0.2, 0.25) is 0 Å². The maximum Gasteiger partial charge on any atom is 0.238 e. The van der Waals surface area contributed by atoms with Crippen LogP contribution in [0.15, 0.2) is 42.7 Å². The fourth-order valence-corrected chi connectivity index (χ4v) is 4.07. The van der Waals surface area contributed by atoms with E-state index in [-0.39, 0.29) is 23.8 Å². The van der Waals surface area contributed by atoms with Gasteiger partial charge in [-0.25, -0.2) is 0 Å². The van der Waals surface area contributed by atoms with Gasteiger partial charge in [-0.05, 0) is 36.6 Å². The highest BCUT2D eigenvalue weighted by atomic mass is 16.5. The van der Waals surface area contributed by atoms with Gasteiger partial charge in [-0.15, -0.1) is 0 Å². The molecular formula is C22H24N4O3. The lowest BCUT2D eigenvalue weighted by atomic mass is 10.1. The Kier molecular flexibility index (Phi) is 4.67. The molecule has 3 heterocycles. The van der Waals surface area contributed by atoms with Crippen molar-refractivity contribution in [1.29, 1.82) is 0 Å². The van der Waals surface area contributed by atoms with Crippen LogP contribution in [0.4, 0.5) is 5.69 Å². The number of benzene rings is 1. The number of fused-ring (bicyclic) bond motifs is 2. The molecule has 150 valence electrons. The fourth-order valence-electron chi connectivity index (χ4n) is 4.07. The number of aromatic nitrogens is 1. The fraction of sp³-hybridized carbons (Fsp3) is 0.409. The first-order chi connectivity index (χ1) is 14.2. The van der Waals surface area contributed by atoms with Gasteiger partial charge in [-0.3, -0.25) is 19.5 Å². The van der Waals surface area contributed by atoms with Crippen molar-refractivity contribution in [3.8, 4) is 16.9 Å². The van der Waals surface area contributed by atoms with E-state index in [0.717, 1.165) is 24.0 Å². The molecule has 0 bridgehead atoms. The molecule has 0 unspecified atom stereocenters. The summed E-state index contributed by atoms with van der Waals surface area (Å²) >= 11 is 0. The van der Waals surface area contributed by atoms with Crippen LogP contribution in [-0.2, 0) is 9.59 Å². The van der Waals surface area contributed by atoms with Gasteiger partial charge in [0, 0.05) is 43.5 Å². The number of amides is 2. The van der Waals surface area contributed by atoms with Gasteiger partial charge in [0.1, 0.15) is 12.4 Å². The SMILES string of the molecule is O=C1CN2CCN(C(=O)C3CC3)C[C@H]2COc2ccc(-c3cccnc3)cc2N1. The Morgan fingerprint density at radius 3 is 2.86 bits per heavy atom. The number of hydrogen-bond donors (Lipinski definition) is 1. The predicted molar refractivity (Wildman–Crippen MR) is 108 cm³/mol. The Hall–Kier alpha value is -2.93. The van der Waals surface area contributed by atoms with Gasteiger partial charge in [0.25, 0.3) is 0 Å². The summed E-state index contributed by atoms with van der Waals surface area (Å²) in [4.78, 5) is 33.4. The first-order valence-electron chi connectivity index (χ1n) is 10.2. The number of anilines is 1. The zero-order chi connectivity index (χ0) is 19.8. The summed E-state index contributed by atoms with van der Waals surface area (Å²) in [5, 5.41) is 3.00. The smallest absolute Gasteiger partial charge is 0.238 e. The van der Waals surface area contributed by atoms with E-state index in [9.17, 15) is 9.59 Å². The second-order valence-corrected chi connectivity index (χ2v) is 7.99. The zero-order valence-corrected chi connectivity index (χ0v) is 16.2. The number of rotatable bonds is 2. The molecular weight excluding hydrogens is 368 g/mol. The minimum atomic E-state index is -0.0629. The van der Waals surface area contributed by atoms with Crippen LogP contribution >= 0.6 is 0 Å². The van der Waals surface area contributed by atoms with E-state index in [1.807, 2.05) is 35.2 Å². The number of carbonyl (C=O) groups excluding carboxylic acids is 2. The molecule has 1 aromatic heterocycles. The van der Waals surface area contributed by atoms with Gasteiger partial charge in [0.05, 0.1) is 18.3 Å². The Balaban J connectivity index is 1.37. The lowest BCUT2D eigenvalue weighted by Crippen LogP contribution is -2.58. The van der Waals surface area contributed by atoms with Gasteiger partial charge in [0.15, 0.2) is 0 Å². The number of carbonyl (C=O) groups is 2. The van der Waals surface area contributed by atoms with Crippen molar-refractivity contribution in [3.63, 3.8) is 0 Å². The number of piperazine rings is 1. The van der Waals surface area contributed by atoms with Gasteiger partial charge in [-0.1, -0.05) is 12.1 Å². The molecule has 0 spiro atoms. The summed E-state index contributed by atoms with van der Waals surface area (Å²) < 4.78 is 6.11. The largest absolute Gasteiger partial charge is 0.490 e. The molecule has 2 aromatic rings. The molecule has 3 aliphatic rings. The molecule has 1 atom stereocenters. The van der Waals surface area contributed by atoms with Crippen molar-refractivity contribution >= 4 is 17.5 Å². The quantitative estimate of drug-likeness (QED) is 0.846. The average molecular weight is 392 g/mol. The Bertz CT molecular complexity index is 929. The molecule has 7 nitrogen and oxygen atoms in total. The lowest BCUT2D eigenvalue weighted by molar-refractivity contribution is -0.136. The van der Waals surface area contributed by atoms with Crippen LogP contribution in [0.25, 0.3) is 11.1 Å². The highest BCUT2D eigenvalue weighted by molar-refractivity contribution is 5.94. The van der Waals surface area contributed by atoms with Crippen molar-refractivity contribution in [3.05, 3.63) is 42.7 Å². The lowest BCUT2D eigenvalue weighted by Gasteiger charge is -2.40. The topological polar surface area (TPSA) is 74.8 Å². The molecule has 1 saturated carbocycles. The average Bonchev–Trinajstić information content (AvgIpc) is 3.58. The van der Waals surface area contributed by atoms with E-state index < -0.39 is 0 Å². The van der Waals surface area contributed by atoms with Gasteiger partial charge < -0.3 is 15.0 Å². The van der Waals surface area contributed by atoms with E-state index in [1.165, 1.54) is 0 Å². The normalized spacial score (nSPS) is 22.3. The summed E-state index contributed by atoms with van der Waals surface area (Å²) in [7, 11) is 0. The van der Waals surface area contributed by atoms with Crippen molar-refractivity contribution in [2.45, 2.75) is 18.9 Å². The number of nitrogens with zero attached hydrogens (tertiary/aromatic N) is 3. The van der Waals surface area contributed by atoms with Crippen molar-refractivity contribution in [2.24, 2.45) is 5.92 Å². The number of nitrogens with one attached hydrogen (secondary N) is 1. The molecule has 2 fully saturated rings. The zero-order valence-electron chi connectivity index (χ0n) is 16.2. The van der Waals surface area contributed by atoms with E-state index in [4.69, 9.17) is 4.74 Å². The maximum atomic E-state index is 12.7. The van der Waals surface area contributed by atoms with Crippen LogP contribution in [0.1, 0.15) is 12.8 Å². The second-order valence-electron chi connectivity index (χ2n) is 7.99. The van der Waals surface area contributed by atoms with E-state index in [1.54, 1.807) is 12.4 Å². The molecule has 2 aliphatic heterocycles. The molecule has 1 aliphatic carbocycles. The number of hydrogen-bond acceptors (Lipinski definition) is 5. The summed E-state index contributed by atoms with van der Waals surface area (Å²) in [6, 6.07) is 9.68. The molecule has 1 N–H and O–H groups in total. The van der Waals surface area contributed by atoms with Crippen LogP contribution in [0, 0.1) is 5.92 Å². The number of pyridine rings is 1. The third kappa shape index (κ3) is 3.82. The van der Waals surface area contributed by atoms with E-state index in [0.29, 0.717) is 44.2 Å². The summed E-state index contributed by atoms with van der Waals surface area (Å²) in [6.07, 6.45) is 5.55. The number of ether oxygens (including phenoxy) is 1. The van der Waals surface area contributed by atoms with Crippen molar-refractivity contribution in [1.82, 2.24) is 14.8 Å². The summed E-state index contributed by atoms with van der Waals surface area (Å²) in [5.74, 6) is 1.06. The van der Waals surface area contributed by atoms with Crippen molar-refractivity contribution in [2.75, 3.05) is 38.1 Å². The Labute approximate surface area is 169 Å². The predicted octanol–water partition coefficient (Wildman–Crippen LogP) is 2.00. The molecule has 5 rings (SSSR count). The van der Waals surface area contributed by atoms with E-state index >= 15 is 0 Å². The van der Waals surface area contributed by atoms with E-state index in [2.05, 4.69) is 15.2 Å². The molecule has 29 heavy (non-hydrogen) atoms. The molecule has 1 saturated heterocycles. The Morgan fingerprint density at radius 1 is 1.17 bits per heavy atom. The van der Waals surface area contributed by atoms with Crippen LogP contribution in [0.5, 0.6) is 5.75 Å². The van der Waals surface area contributed by atoms with Crippen molar-refractivity contribution < 1.29 is 14.3 Å². The first kappa shape index (κ1) is 18.1. The highest BCUT2D eigenvalue weighted by Crippen LogP contribution is 2.33. The molecule has 2 amide bonds. The molecule has 7 heteroatoms. The van der Waals surface area contributed by atoms with Crippen LogP contribution < -0.4 is 10.1 Å². The first-order valence-corrected chi connectivity index (χ1v) is 10.2. The third-order valence-electron chi connectivity index (χ3n) is 5.87. The summed E-state index contributed by atoms with van der Waals surface area (Å²) in [5.41, 5.74) is 2.62. The monoisotopic (exact) mass is 392 g/mol. The van der Waals surface area contributed by atoms with Crippen LogP contribution in [0.3, 0.4) is 0 Å². The van der Waals surface area contributed by atoms with Gasteiger partial charge in [-0.2, -0.15) is 0 Å². The minimum absolute atomic E-state index is 0.0150. The maximum absolute atomic E-state index is 12.7. The van der Waals surface area contributed by atoms with Gasteiger partial charge >= 0.3 is 0 Å².